The molecule has 0 bridgehead atoms. The third kappa shape index (κ3) is 3.90. The first kappa shape index (κ1) is 29.9. The van der Waals surface area contributed by atoms with Gasteiger partial charge in [0.05, 0.1) is 11.1 Å². The van der Waals surface area contributed by atoms with Gasteiger partial charge in [0.2, 0.25) is 0 Å². The summed E-state index contributed by atoms with van der Waals surface area (Å²) in [7, 11) is 0. The second-order valence-electron chi connectivity index (χ2n) is 14.4. The summed E-state index contributed by atoms with van der Waals surface area (Å²) in [4.78, 5) is 2.39. The van der Waals surface area contributed by atoms with Gasteiger partial charge < -0.3 is 14.1 Å². The highest BCUT2D eigenvalue weighted by atomic mass is 32.1. The van der Waals surface area contributed by atoms with Crippen LogP contribution in [0.25, 0.3) is 53.2 Å². The van der Waals surface area contributed by atoms with E-state index in [2.05, 4.69) is 176 Å². The maximum atomic E-state index is 6.89. The molecule has 2 aromatic heterocycles. The smallest absolute Gasteiger partial charge is 0.159 e. The van der Waals surface area contributed by atoms with Crippen molar-refractivity contribution < 1.29 is 9.15 Å². The van der Waals surface area contributed by atoms with Crippen LogP contribution < -0.4 is 9.64 Å². The molecule has 0 amide bonds. The number of ether oxygens (including phenoxy) is 1. The van der Waals surface area contributed by atoms with Crippen molar-refractivity contribution >= 4 is 70.5 Å². The molecule has 1 aliphatic carbocycles. The maximum absolute atomic E-state index is 6.89. The summed E-state index contributed by atoms with van der Waals surface area (Å²) in [6.07, 6.45) is 0. The van der Waals surface area contributed by atoms with Crippen LogP contribution in [0.4, 0.5) is 17.1 Å². The molecule has 0 radical (unpaired) electrons. The van der Waals surface area contributed by atoms with Crippen LogP contribution in [0, 0.1) is 6.92 Å². The molecule has 1 unspecified atom stereocenters. The van der Waals surface area contributed by atoms with E-state index < -0.39 is 5.41 Å². The number of hydrogen-bond acceptors (Lipinski definition) is 4. The van der Waals surface area contributed by atoms with Crippen molar-refractivity contribution in [2.45, 2.75) is 12.3 Å². The first-order valence-electron chi connectivity index (χ1n) is 18.4. The van der Waals surface area contributed by atoms with Crippen LogP contribution in [0.2, 0.25) is 0 Å². The maximum Gasteiger partial charge on any atom is 0.159 e. The minimum atomic E-state index is -0.619. The zero-order valence-corrected chi connectivity index (χ0v) is 30.2. The first-order valence-corrected chi connectivity index (χ1v) is 19.2. The highest BCUT2D eigenvalue weighted by molar-refractivity contribution is 7.25. The lowest BCUT2D eigenvalue weighted by Crippen LogP contribution is -2.32. The van der Waals surface area contributed by atoms with Crippen molar-refractivity contribution in [1.29, 1.82) is 0 Å². The molecule has 254 valence electrons. The Kier molecular flexibility index (Phi) is 6.07. The Labute approximate surface area is 315 Å². The van der Waals surface area contributed by atoms with Crippen molar-refractivity contribution in [1.82, 2.24) is 0 Å². The van der Waals surface area contributed by atoms with Crippen LogP contribution >= 0.6 is 11.3 Å². The highest BCUT2D eigenvalue weighted by Gasteiger charge is 2.51. The molecule has 1 aliphatic heterocycles. The number of fused-ring (bicyclic) bond motifs is 15. The van der Waals surface area contributed by atoms with Crippen LogP contribution in [0.15, 0.2) is 174 Å². The number of nitrogens with zero attached hydrogens (tertiary/aromatic N) is 1. The van der Waals surface area contributed by atoms with Crippen LogP contribution in [-0.4, -0.2) is 0 Å². The molecule has 1 spiro atoms. The lowest BCUT2D eigenvalue weighted by atomic mass is 9.66. The zero-order valence-electron chi connectivity index (χ0n) is 29.3. The van der Waals surface area contributed by atoms with Crippen molar-refractivity contribution in [3.8, 4) is 22.6 Å². The van der Waals surface area contributed by atoms with Gasteiger partial charge in [-0.25, -0.2) is 0 Å². The molecule has 1 atom stereocenters. The van der Waals surface area contributed by atoms with E-state index >= 15 is 0 Å². The molecule has 0 saturated heterocycles. The summed E-state index contributed by atoms with van der Waals surface area (Å²) < 4.78 is 16.1. The molecule has 8 aromatic carbocycles. The minimum absolute atomic E-state index is 0.619. The number of hydrogen-bond donors (Lipinski definition) is 0. The molecule has 10 aromatic rings. The predicted molar refractivity (Wildman–Crippen MR) is 223 cm³/mol. The fraction of sp³-hybridized carbons (Fsp3) is 0.0400. The quantitative estimate of drug-likeness (QED) is 0.183. The Hall–Kier alpha value is -6.62. The van der Waals surface area contributed by atoms with Crippen molar-refractivity contribution in [3.05, 3.63) is 198 Å². The van der Waals surface area contributed by atoms with Crippen molar-refractivity contribution in [2.24, 2.45) is 0 Å². The Balaban J connectivity index is 1.19. The number of aryl methyl sites for hydroxylation is 1. The molecular weight excluding hydrogens is 679 g/mol. The van der Waals surface area contributed by atoms with Crippen LogP contribution in [-0.2, 0) is 5.41 Å². The van der Waals surface area contributed by atoms with Gasteiger partial charge >= 0.3 is 0 Å². The monoisotopic (exact) mass is 709 g/mol. The Bertz CT molecular complexity index is 3190. The molecule has 3 heterocycles. The van der Waals surface area contributed by atoms with Gasteiger partial charge in [-0.15, -0.1) is 11.3 Å². The van der Waals surface area contributed by atoms with Gasteiger partial charge in [0.1, 0.15) is 17.1 Å². The van der Waals surface area contributed by atoms with E-state index in [1.807, 2.05) is 17.4 Å². The normalized spacial score (nSPS) is 15.4. The van der Waals surface area contributed by atoms with Crippen LogP contribution in [0.3, 0.4) is 0 Å². The SMILES string of the molecule is Cc1ccccc1N(c1ccc2c(c1)C1(c3ccccc3Oc3cc4sc5ccccc5c4cc31)c1ccccc1-2)c1cccc2c1oc1ccccc12. The second kappa shape index (κ2) is 11.0. The number of thiophene rings is 1. The fourth-order valence-corrected chi connectivity index (χ4v) is 10.5. The largest absolute Gasteiger partial charge is 0.457 e. The second-order valence-corrected chi connectivity index (χ2v) is 15.5. The van der Waals surface area contributed by atoms with E-state index in [4.69, 9.17) is 9.15 Å². The molecule has 0 saturated carbocycles. The van der Waals surface area contributed by atoms with Crippen LogP contribution in [0.5, 0.6) is 11.5 Å². The number of rotatable bonds is 3. The van der Waals surface area contributed by atoms with Gasteiger partial charge in [0.25, 0.3) is 0 Å². The third-order valence-corrected chi connectivity index (χ3v) is 12.8. The third-order valence-electron chi connectivity index (χ3n) is 11.7. The topological polar surface area (TPSA) is 25.6 Å². The summed E-state index contributed by atoms with van der Waals surface area (Å²) in [5.74, 6) is 1.80. The first-order chi connectivity index (χ1) is 26.7. The molecule has 12 rings (SSSR count). The molecular formula is C50H31NO2S. The summed E-state index contributed by atoms with van der Waals surface area (Å²) >= 11 is 1.83. The van der Waals surface area contributed by atoms with E-state index in [1.54, 1.807) is 0 Å². The van der Waals surface area contributed by atoms with E-state index in [-0.39, 0.29) is 0 Å². The van der Waals surface area contributed by atoms with E-state index in [1.165, 1.54) is 53.6 Å². The summed E-state index contributed by atoms with van der Waals surface area (Å²) in [5, 5.41) is 4.76. The Morgan fingerprint density at radius 3 is 2.13 bits per heavy atom. The Morgan fingerprint density at radius 2 is 1.20 bits per heavy atom. The molecule has 4 heteroatoms. The van der Waals surface area contributed by atoms with E-state index in [0.29, 0.717) is 0 Å². The average molecular weight is 710 g/mol. The van der Waals surface area contributed by atoms with Gasteiger partial charge in [-0.2, -0.15) is 0 Å². The summed E-state index contributed by atoms with van der Waals surface area (Å²) in [6.45, 7) is 2.19. The average Bonchev–Trinajstić information content (AvgIpc) is 3.87. The summed E-state index contributed by atoms with van der Waals surface area (Å²) in [6, 6.07) is 61.5. The van der Waals surface area contributed by atoms with E-state index in [0.717, 1.165) is 56.1 Å². The molecule has 3 nitrogen and oxygen atoms in total. The Morgan fingerprint density at radius 1 is 0.481 bits per heavy atom. The lowest BCUT2D eigenvalue weighted by molar-refractivity contribution is 0.437. The lowest BCUT2D eigenvalue weighted by Gasteiger charge is -2.40. The molecule has 0 N–H and O–H groups in total. The number of furan rings is 1. The molecule has 2 aliphatic rings. The minimum Gasteiger partial charge on any atom is -0.457 e. The van der Waals surface area contributed by atoms with E-state index in [9.17, 15) is 0 Å². The van der Waals surface area contributed by atoms with Crippen molar-refractivity contribution in [2.75, 3.05) is 4.90 Å². The van der Waals surface area contributed by atoms with Gasteiger partial charge in [-0.05, 0) is 89.3 Å². The van der Waals surface area contributed by atoms with Gasteiger partial charge in [-0.1, -0.05) is 115 Å². The zero-order chi connectivity index (χ0) is 35.5. The molecule has 0 fully saturated rings. The number of anilines is 3. The summed E-state index contributed by atoms with van der Waals surface area (Å²) in [5.41, 5.74) is 12.8. The highest BCUT2D eigenvalue weighted by Crippen LogP contribution is 2.63. The standard InChI is InChI=1S/C50H31NO2S/c1-30-13-2-8-20-42(30)51(43-21-12-17-36-34-15-4-9-22-44(34)53-49(36)43)31-25-26-33-32-14-3-6-18-38(32)50(40(33)27-31)39-19-7-10-23-45(39)52-46-29-48-37(28-41(46)50)35-16-5-11-24-47(35)54-48/h2-29H,1H3. The van der Waals surface area contributed by atoms with Gasteiger partial charge in [0, 0.05) is 53.4 Å². The van der Waals surface area contributed by atoms with Gasteiger partial charge in [-0.3, -0.25) is 0 Å². The van der Waals surface area contributed by atoms with Crippen LogP contribution in [0.1, 0.15) is 27.8 Å². The predicted octanol–water partition coefficient (Wildman–Crippen LogP) is 14.2. The van der Waals surface area contributed by atoms with Gasteiger partial charge in [0.15, 0.2) is 5.58 Å². The molecule has 54 heavy (non-hydrogen) atoms. The number of benzene rings is 8. The number of para-hydroxylation sites is 4. The van der Waals surface area contributed by atoms with Crippen molar-refractivity contribution in [3.63, 3.8) is 0 Å². The fourth-order valence-electron chi connectivity index (χ4n) is 9.38.